The van der Waals surface area contributed by atoms with Crippen LogP contribution in [0.1, 0.15) is 31.7 Å². The maximum atomic E-state index is 12.7. The molecule has 1 saturated heterocycles. The number of amides is 1. The molecule has 1 aromatic carbocycles. The van der Waals surface area contributed by atoms with Crippen molar-refractivity contribution in [3.8, 4) is 0 Å². The van der Waals surface area contributed by atoms with Crippen LogP contribution in [-0.2, 0) is 17.8 Å². The summed E-state index contributed by atoms with van der Waals surface area (Å²) in [7, 11) is 0. The SMILES string of the molecule is CCc1nnc(NC(=O)C2CCCN(c3nc4ccccc4n3CC)C2)s1. The molecule has 142 valence electrons. The molecule has 1 fully saturated rings. The van der Waals surface area contributed by atoms with Crippen molar-refractivity contribution in [2.24, 2.45) is 5.92 Å². The summed E-state index contributed by atoms with van der Waals surface area (Å²) in [6.45, 7) is 6.62. The highest BCUT2D eigenvalue weighted by molar-refractivity contribution is 7.15. The molecule has 8 heteroatoms. The van der Waals surface area contributed by atoms with E-state index in [2.05, 4.69) is 38.0 Å². The molecule has 1 N–H and O–H groups in total. The third kappa shape index (κ3) is 3.53. The molecule has 7 nitrogen and oxygen atoms in total. The number of nitrogens with one attached hydrogen (secondary N) is 1. The quantitative estimate of drug-likeness (QED) is 0.730. The van der Waals surface area contributed by atoms with Crippen molar-refractivity contribution in [3.63, 3.8) is 0 Å². The van der Waals surface area contributed by atoms with Gasteiger partial charge in [0.05, 0.1) is 17.0 Å². The van der Waals surface area contributed by atoms with Crippen molar-refractivity contribution in [2.75, 3.05) is 23.3 Å². The summed E-state index contributed by atoms with van der Waals surface area (Å²) in [5.74, 6) is 0.913. The largest absolute Gasteiger partial charge is 0.341 e. The zero-order chi connectivity index (χ0) is 18.8. The highest BCUT2D eigenvalue weighted by Gasteiger charge is 2.29. The summed E-state index contributed by atoms with van der Waals surface area (Å²) in [6, 6.07) is 8.20. The van der Waals surface area contributed by atoms with Gasteiger partial charge in [-0.25, -0.2) is 4.98 Å². The van der Waals surface area contributed by atoms with Gasteiger partial charge in [0, 0.05) is 19.6 Å². The summed E-state index contributed by atoms with van der Waals surface area (Å²) >= 11 is 1.45. The summed E-state index contributed by atoms with van der Waals surface area (Å²) in [5.41, 5.74) is 2.14. The molecular weight excluding hydrogens is 360 g/mol. The Morgan fingerprint density at radius 3 is 2.93 bits per heavy atom. The normalized spacial score (nSPS) is 17.4. The Kier molecular flexibility index (Phi) is 5.07. The molecule has 0 bridgehead atoms. The summed E-state index contributed by atoms with van der Waals surface area (Å²) in [5, 5.41) is 12.6. The lowest BCUT2D eigenvalue weighted by Crippen LogP contribution is -2.41. The van der Waals surface area contributed by atoms with Crippen LogP contribution in [0, 0.1) is 5.92 Å². The van der Waals surface area contributed by atoms with Gasteiger partial charge in [-0.2, -0.15) is 0 Å². The molecular formula is C19H24N6OS. The van der Waals surface area contributed by atoms with Gasteiger partial charge < -0.3 is 14.8 Å². The molecule has 1 aliphatic rings. The Labute approximate surface area is 162 Å². The molecule has 3 heterocycles. The molecule has 1 amide bonds. The fourth-order valence-electron chi connectivity index (χ4n) is 3.64. The number of nitrogens with zero attached hydrogens (tertiary/aromatic N) is 5. The number of aryl methyl sites for hydroxylation is 2. The molecule has 27 heavy (non-hydrogen) atoms. The van der Waals surface area contributed by atoms with E-state index in [0.717, 1.165) is 54.3 Å². The zero-order valence-electron chi connectivity index (χ0n) is 15.7. The number of piperidine rings is 1. The van der Waals surface area contributed by atoms with Gasteiger partial charge in [0.25, 0.3) is 0 Å². The Morgan fingerprint density at radius 1 is 1.30 bits per heavy atom. The number of rotatable bonds is 5. The number of benzene rings is 1. The number of aromatic nitrogens is 4. The average molecular weight is 385 g/mol. The molecule has 4 rings (SSSR count). The van der Waals surface area contributed by atoms with Gasteiger partial charge in [-0.1, -0.05) is 30.4 Å². The maximum absolute atomic E-state index is 12.7. The smallest absolute Gasteiger partial charge is 0.231 e. The third-order valence-electron chi connectivity index (χ3n) is 5.03. The first-order valence-corrected chi connectivity index (χ1v) is 10.3. The fraction of sp³-hybridized carbons (Fsp3) is 0.474. The maximum Gasteiger partial charge on any atom is 0.231 e. The van der Waals surface area contributed by atoms with Gasteiger partial charge in [0.1, 0.15) is 5.01 Å². The second-order valence-electron chi connectivity index (χ2n) is 6.77. The molecule has 1 aliphatic heterocycles. The number of hydrogen-bond acceptors (Lipinski definition) is 6. The summed E-state index contributed by atoms with van der Waals surface area (Å²) in [6.07, 6.45) is 2.69. The van der Waals surface area contributed by atoms with Gasteiger partial charge in [-0.3, -0.25) is 4.79 Å². The lowest BCUT2D eigenvalue weighted by Gasteiger charge is -2.32. The molecule has 1 unspecified atom stereocenters. The van der Waals surface area contributed by atoms with Crippen molar-refractivity contribution in [1.29, 1.82) is 0 Å². The number of para-hydroxylation sites is 2. The van der Waals surface area contributed by atoms with Crippen LogP contribution >= 0.6 is 11.3 Å². The minimum atomic E-state index is -0.0714. The lowest BCUT2D eigenvalue weighted by atomic mass is 9.97. The number of anilines is 2. The first kappa shape index (κ1) is 17.9. The van der Waals surface area contributed by atoms with Crippen LogP contribution in [0.25, 0.3) is 11.0 Å². The Morgan fingerprint density at radius 2 is 2.15 bits per heavy atom. The molecule has 0 saturated carbocycles. The minimum Gasteiger partial charge on any atom is -0.341 e. The van der Waals surface area contributed by atoms with Gasteiger partial charge >= 0.3 is 0 Å². The molecule has 0 spiro atoms. The first-order valence-electron chi connectivity index (χ1n) is 9.53. The number of carbonyl (C=O) groups is 1. The van der Waals surface area contributed by atoms with Crippen LogP contribution in [-0.4, -0.2) is 38.7 Å². The van der Waals surface area contributed by atoms with Gasteiger partial charge in [0.2, 0.25) is 17.0 Å². The predicted molar refractivity (Wildman–Crippen MR) is 108 cm³/mol. The monoisotopic (exact) mass is 384 g/mol. The second kappa shape index (κ2) is 7.64. The van der Waals surface area contributed by atoms with Crippen LogP contribution in [0.4, 0.5) is 11.1 Å². The van der Waals surface area contributed by atoms with Crippen LogP contribution in [0.2, 0.25) is 0 Å². The predicted octanol–water partition coefficient (Wildman–Crippen LogP) is 3.33. The third-order valence-corrected chi connectivity index (χ3v) is 6.01. The number of hydrogen-bond donors (Lipinski definition) is 1. The Hall–Kier alpha value is -2.48. The van der Waals surface area contributed by atoms with Gasteiger partial charge in [-0.15, -0.1) is 10.2 Å². The number of fused-ring (bicyclic) bond motifs is 1. The molecule has 3 aromatic rings. The van der Waals surface area contributed by atoms with E-state index < -0.39 is 0 Å². The summed E-state index contributed by atoms with van der Waals surface area (Å²) in [4.78, 5) is 19.8. The standard InChI is InChI=1S/C19H24N6OS/c1-3-16-22-23-18(27-16)21-17(26)13-8-7-11-24(12-13)19-20-14-9-5-6-10-15(14)25(19)4-2/h5-6,9-10,13H,3-4,7-8,11-12H2,1-2H3,(H,21,23,26). The van der Waals surface area contributed by atoms with E-state index in [1.54, 1.807) is 0 Å². The van der Waals surface area contributed by atoms with Crippen molar-refractivity contribution >= 4 is 39.4 Å². The molecule has 2 aromatic heterocycles. The number of imidazole rings is 1. The van der Waals surface area contributed by atoms with Crippen molar-refractivity contribution in [1.82, 2.24) is 19.7 Å². The summed E-state index contributed by atoms with van der Waals surface area (Å²) < 4.78 is 2.23. The highest BCUT2D eigenvalue weighted by atomic mass is 32.1. The topological polar surface area (TPSA) is 75.9 Å². The first-order chi connectivity index (χ1) is 13.2. The number of carbonyl (C=O) groups excluding carboxylic acids is 1. The zero-order valence-corrected chi connectivity index (χ0v) is 16.5. The Balaban J connectivity index is 1.52. The second-order valence-corrected chi connectivity index (χ2v) is 7.84. The van der Waals surface area contributed by atoms with Crippen molar-refractivity contribution in [3.05, 3.63) is 29.3 Å². The van der Waals surface area contributed by atoms with Crippen LogP contribution < -0.4 is 10.2 Å². The van der Waals surface area contributed by atoms with E-state index in [4.69, 9.17) is 4.98 Å². The molecule has 0 aliphatic carbocycles. The van der Waals surface area contributed by atoms with Gasteiger partial charge in [-0.05, 0) is 38.3 Å². The van der Waals surface area contributed by atoms with E-state index >= 15 is 0 Å². The Bertz CT molecular complexity index is 949. The van der Waals surface area contributed by atoms with Crippen LogP contribution in [0.5, 0.6) is 0 Å². The van der Waals surface area contributed by atoms with Crippen LogP contribution in [0.3, 0.4) is 0 Å². The molecule has 0 radical (unpaired) electrons. The van der Waals surface area contributed by atoms with E-state index in [1.165, 1.54) is 11.3 Å². The van der Waals surface area contributed by atoms with E-state index in [0.29, 0.717) is 11.7 Å². The van der Waals surface area contributed by atoms with Crippen LogP contribution in [0.15, 0.2) is 24.3 Å². The molecule has 1 atom stereocenters. The van der Waals surface area contributed by atoms with E-state index in [1.807, 2.05) is 25.1 Å². The lowest BCUT2D eigenvalue weighted by molar-refractivity contribution is -0.120. The fourth-order valence-corrected chi connectivity index (χ4v) is 4.33. The minimum absolute atomic E-state index is 0.0256. The highest BCUT2D eigenvalue weighted by Crippen LogP contribution is 2.27. The van der Waals surface area contributed by atoms with Crippen molar-refractivity contribution in [2.45, 2.75) is 39.7 Å². The van der Waals surface area contributed by atoms with E-state index in [9.17, 15) is 4.79 Å². The average Bonchev–Trinajstić information content (AvgIpc) is 3.31. The van der Waals surface area contributed by atoms with Crippen molar-refractivity contribution < 1.29 is 4.79 Å². The van der Waals surface area contributed by atoms with E-state index in [-0.39, 0.29) is 11.8 Å². The van der Waals surface area contributed by atoms with Gasteiger partial charge in [0.15, 0.2) is 0 Å².